The fourth-order valence-corrected chi connectivity index (χ4v) is 4.37. The molecule has 2 aromatic rings. The fraction of sp³-hybridized carbons (Fsp3) is 0.429. The number of nitrogens with one attached hydrogen (secondary N) is 2. The smallest absolute Gasteiger partial charge is 0.319 e. The number of hydrogen-bond donors (Lipinski definition) is 2. The molecule has 0 aliphatic carbocycles. The Morgan fingerprint density at radius 3 is 2.39 bits per heavy atom. The fourth-order valence-electron chi connectivity index (χ4n) is 4.37. The molecule has 190 valence electrons. The van der Waals surface area contributed by atoms with E-state index in [1.807, 2.05) is 56.0 Å². The predicted octanol–water partition coefficient (Wildman–Crippen LogP) is 4.12. The summed E-state index contributed by atoms with van der Waals surface area (Å²) in [6.45, 7) is 7.61. The molecule has 0 bridgehead atoms. The maximum Gasteiger partial charge on any atom is 0.319 e. The number of piperidine rings is 1. The molecule has 36 heavy (non-hydrogen) atoms. The van der Waals surface area contributed by atoms with Crippen molar-refractivity contribution in [2.75, 3.05) is 38.5 Å². The van der Waals surface area contributed by atoms with E-state index in [1.54, 1.807) is 24.1 Å². The van der Waals surface area contributed by atoms with Crippen LogP contribution in [0.5, 0.6) is 0 Å². The molecule has 1 aliphatic heterocycles. The summed E-state index contributed by atoms with van der Waals surface area (Å²) in [6, 6.07) is 14.8. The monoisotopic (exact) mass is 489 g/mol. The third kappa shape index (κ3) is 6.85. The lowest BCUT2D eigenvalue weighted by Crippen LogP contribution is -2.39. The van der Waals surface area contributed by atoms with Gasteiger partial charge in [0, 0.05) is 50.4 Å². The van der Waals surface area contributed by atoms with Crippen molar-refractivity contribution in [3.63, 3.8) is 0 Å². The molecule has 2 aromatic carbocycles. The van der Waals surface area contributed by atoms with Crippen LogP contribution in [0, 0.1) is 24.2 Å². The predicted molar refractivity (Wildman–Crippen MR) is 140 cm³/mol. The van der Waals surface area contributed by atoms with E-state index in [9.17, 15) is 14.4 Å². The van der Waals surface area contributed by atoms with Crippen LogP contribution in [0.1, 0.15) is 59.7 Å². The summed E-state index contributed by atoms with van der Waals surface area (Å²) in [5.74, 6) is 0.259. The van der Waals surface area contributed by atoms with Gasteiger partial charge in [-0.3, -0.25) is 9.59 Å². The van der Waals surface area contributed by atoms with Gasteiger partial charge in [-0.2, -0.15) is 5.26 Å². The van der Waals surface area contributed by atoms with Crippen molar-refractivity contribution in [1.82, 2.24) is 15.1 Å². The third-order valence-electron chi connectivity index (χ3n) is 6.63. The quantitative estimate of drug-likeness (QED) is 0.610. The van der Waals surface area contributed by atoms with E-state index >= 15 is 0 Å². The molecule has 1 aliphatic rings. The number of carbonyl (C=O) groups excluding carboxylic acids is 3. The standard InChI is InChI=1S/C28H35N5O3/c1-19(2)26(34)32(4)16-13-30-28(36)31-25-17-24(8-5-20(25)3)27(35)33-14-11-23(12-15-33)22-9-6-21(18-29)7-10-22/h5-10,17,19,23H,11-16H2,1-4H3,(H2,30,31,36). The van der Waals surface area contributed by atoms with Crippen molar-refractivity contribution in [3.8, 4) is 6.07 Å². The van der Waals surface area contributed by atoms with Crippen molar-refractivity contribution < 1.29 is 14.4 Å². The van der Waals surface area contributed by atoms with E-state index in [1.165, 1.54) is 5.56 Å². The molecule has 0 aromatic heterocycles. The average molecular weight is 490 g/mol. The molecule has 3 rings (SSSR count). The van der Waals surface area contributed by atoms with Crippen LogP contribution < -0.4 is 10.6 Å². The summed E-state index contributed by atoms with van der Waals surface area (Å²) in [6.07, 6.45) is 1.73. The van der Waals surface area contributed by atoms with Crippen LogP contribution in [0.3, 0.4) is 0 Å². The summed E-state index contributed by atoms with van der Waals surface area (Å²) in [4.78, 5) is 41.0. The normalized spacial score (nSPS) is 13.7. The first-order valence-electron chi connectivity index (χ1n) is 12.4. The van der Waals surface area contributed by atoms with Gasteiger partial charge < -0.3 is 20.4 Å². The lowest BCUT2D eigenvalue weighted by Gasteiger charge is -2.32. The average Bonchev–Trinajstić information content (AvgIpc) is 2.89. The van der Waals surface area contributed by atoms with Gasteiger partial charge in [0.25, 0.3) is 5.91 Å². The highest BCUT2D eigenvalue weighted by atomic mass is 16.2. The Labute approximate surface area is 213 Å². The Kier molecular flexibility index (Phi) is 9.07. The summed E-state index contributed by atoms with van der Waals surface area (Å²) in [5, 5.41) is 14.6. The topological polar surface area (TPSA) is 106 Å². The molecule has 8 heteroatoms. The largest absolute Gasteiger partial charge is 0.344 e. The van der Waals surface area contributed by atoms with Crippen LogP contribution >= 0.6 is 0 Å². The lowest BCUT2D eigenvalue weighted by molar-refractivity contribution is -0.133. The van der Waals surface area contributed by atoms with Crippen LogP contribution in [0.4, 0.5) is 10.5 Å². The maximum absolute atomic E-state index is 13.2. The van der Waals surface area contributed by atoms with Crippen molar-refractivity contribution in [1.29, 1.82) is 5.26 Å². The first-order valence-corrected chi connectivity index (χ1v) is 12.4. The molecular weight excluding hydrogens is 454 g/mol. The zero-order valence-electron chi connectivity index (χ0n) is 21.5. The number of nitrogens with zero attached hydrogens (tertiary/aromatic N) is 3. The number of likely N-dealkylation sites (N-methyl/N-ethyl adjacent to an activating group) is 1. The van der Waals surface area contributed by atoms with Gasteiger partial charge in [0.1, 0.15) is 0 Å². The molecular formula is C28H35N5O3. The van der Waals surface area contributed by atoms with Gasteiger partial charge >= 0.3 is 6.03 Å². The lowest BCUT2D eigenvalue weighted by atomic mass is 9.89. The Morgan fingerprint density at radius 2 is 1.78 bits per heavy atom. The molecule has 0 atom stereocenters. The minimum atomic E-state index is -0.378. The first-order chi connectivity index (χ1) is 17.2. The van der Waals surface area contributed by atoms with E-state index in [-0.39, 0.29) is 23.8 Å². The maximum atomic E-state index is 13.2. The number of amides is 4. The van der Waals surface area contributed by atoms with Gasteiger partial charge in [0.05, 0.1) is 11.6 Å². The SMILES string of the molecule is Cc1ccc(C(=O)N2CCC(c3ccc(C#N)cc3)CC2)cc1NC(=O)NCCN(C)C(=O)C(C)C. The molecule has 0 radical (unpaired) electrons. The number of nitriles is 1. The Bertz CT molecular complexity index is 1130. The number of likely N-dealkylation sites (tertiary alicyclic amines) is 1. The van der Waals surface area contributed by atoms with Crippen molar-refractivity contribution >= 4 is 23.5 Å². The molecule has 0 spiro atoms. The minimum absolute atomic E-state index is 0.0280. The van der Waals surface area contributed by atoms with Gasteiger partial charge in [0.2, 0.25) is 5.91 Å². The van der Waals surface area contributed by atoms with Crippen LogP contribution in [0.15, 0.2) is 42.5 Å². The molecule has 4 amide bonds. The molecule has 1 saturated heterocycles. The Hall–Kier alpha value is -3.86. The zero-order chi connectivity index (χ0) is 26.2. The van der Waals surface area contributed by atoms with E-state index < -0.39 is 0 Å². The zero-order valence-corrected chi connectivity index (χ0v) is 21.5. The van der Waals surface area contributed by atoms with Crippen molar-refractivity contribution in [2.24, 2.45) is 5.92 Å². The first kappa shape index (κ1) is 26.7. The Balaban J connectivity index is 1.54. The van der Waals surface area contributed by atoms with Crippen LogP contribution in [-0.2, 0) is 4.79 Å². The van der Waals surface area contributed by atoms with Gasteiger partial charge in [-0.15, -0.1) is 0 Å². The summed E-state index contributed by atoms with van der Waals surface area (Å²) < 4.78 is 0. The van der Waals surface area contributed by atoms with Gasteiger partial charge in [-0.05, 0) is 61.1 Å². The number of rotatable bonds is 7. The molecule has 0 unspecified atom stereocenters. The van der Waals surface area contributed by atoms with Crippen LogP contribution in [-0.4, -0.2) is 60.9 Å². The molecule has 2 N–H and O–H groups in total. The number of benzene rings is 2. The van der Waals surface area contributed by atoms with Gasteiger partial charge in [0.15, 0.2) is 0 Å². The highest BCUT2D eigenvalue weighted by molar-refractivity contribution is 5.97. The molecule has 1 fully saturated rings. The van der Waals surface area contributed by atoms with Crippen molar-refractivity contribution in [3.05, 3.63) is 64.7 Å². The second kappa shape index (κ2) is 12.2. The molecule has 1 heterocycles. The van der Waals surface area contributed by atoms with E-state index in [0.717, 1.165) is 18.4 Å². The summed E-state index contributed by atoms with van der Waals surface area (Å²) >= 11 is 0. The second-order valence-corrected chi connectivity index (χ2v) is 9.63. The summed E-state index contributed by atoms with van der Waals surface area (Å²) in [7, 11) is 1.72. The number of aryl methyl sites for hydroxylation is 1. The number of urea groups is 1. The van der Waals surface area contributed by atoms with Crippen molar-refractivity contribution in [2.45, 2.75) is 39.5 Å². The molecule has 8 nitrogen and oxygen atoms in total. The van der Waals surface area contributed by atoms with Crippen LogP contribution in [0.2, 0.25) is 0 Å². The summed E-state index contributed by atoms with van der Waals surface area (Å²) in [5.41, 5.74) is 3.83. The highest BCUT2D eigenvalue weighted by Crippen LogP contribution is 2.29. The second-order valence-electron chi connectivity index (χ2n) is 9.63. The van der Waals surface area contributed by atoms with E-state index in [0.29, 0.717) is 48.9 Å². The highest BCUT2D eigenvalue weighted by Gasteiger charge is 2.25. The number of anilines is 1. The Morgan fingerprint density at radius 1 is 1.11 bits per heavy atom. The van der Waals surface area contributed by atoms with Gasteiger partial charge in [-0.25, -0.2) is 4.79 Å². The van der Waals surface area contributed by atoms with E-state index in [2.05, 4.69) is 16.7 Å². The van der Waals surface area contributed by atoms with E-state index in [4.69, 9.17) is 5.26 Å². The number of hydrogen-bond acceptors (Lipinski definition) is 4. The minimum Gasteiger partial charge on any atom is -0.344 e. The molecule has 0 saturated carbocycles. The third-order valence-corrected chi connectivity index (χ3v) is 6.63. The van der Waals surface area contributed by atoms with Crippen LogP contribution in [0.25, 0.3) is 0 Å². The number of carbonyl (C=O) groups is 3. The van der Waals surface area contributed by atoms with Gasteiger partial charge in [-0.1, -0.05) is 32.0 Å².